The number of ketones is 1. The lowest BCUT2D eigenvalue weighted by Gasteiger charge is -2.54. The summed E-state index contributed by atoms with van der Waals surface area (Å²) in [5, 5.41) is 10.9. The van der Waals surface area contributed by atoms with Crippen LogP contribution in [-0.4, -0.2) is 22.7 Å². The van der Waals surface area contributed by atoms with Gasteiger partial charge in [0.05, 0.1) is 5.60 Å². The molecule has 4 aliphatic carbocycles. The van der Waals surface area contributed by atoms with E-state index in [9.17, 15) is 14.3 Å². The Hall–Kier alpha value is -0.960. The number of hydrogen-bond acceptors (Lipinski definition) is 2. The third-order valence-corrected chi connectivity index (χ3v) is 7.91. The molecule has 6 atom stereocenters. The van der Waals surface area contributed by atoms with Crippen LogP contribution in [0.5, 0.6) is 0 Å². The van der Waals surface area contributed by atoms with Gasteiger partial charge in [-0.15, -0.1) is 0 Å². The Morgan fingerprint density at radius 2 is 2.00 bits per heavy atom. The van der Waals surface area contributed by atoms with Crippen molar-refractivity contribution in [3.63, 3.8) is 0 Å². The Labute approximate surface area is 137 Å². The lowest BCUT2D eigenvalue weighted by molar-refractivity contribution is -0.121. The minimum Gasteiger partial charge on any atom is -0.390 e. The van der Waals surface area contributed by atoms with E-state index in [4.69, 9.17) is 0 Å². The molecule has 1 N–H and O–H groups in total. The maximum absolute atomic E-state index is 14.2. The molecule has 23 heavy (non-hydrogen) atoms. The average Bonchev–Trinajstić information content (AvgIpc) is 2.71. The predicted octanol–water partition coefficient (Wildman–Crippen LogP) is 4.14. The van der Waals surface area contributed by atoms with Crippen LogP contribution in [0.25, 0.3) is 0 Å². The fourth-order valence-corrected chi connectivity index (χ4v) is 6.11. The minimum atomic E-state index is -1.36. The summed E-state index contributed by atoms with van der Waals surface area (Å²) >= 11 is 0. The summed E-state index contributed by atoms with van der Waals surface area (Å²) in [5.74, 6) is 0.567. The standard InChI is InChI=1S/C20H27FO2/c1-18-11-16(21)17(22)10-12(18)4-5-13-14(18)6-8-19(2)15(13)7-9-20(19,3)23/h6,10,13,15-16,23H,4-5,7-9,11H2,1-3H3/t13?,15?,16-,18?,19?,20+/m1/s1. The van der Waals surface area contributed by atoms with Crippen LogP contribution in [0.2, 0.25) is 0 Å². The highest BCUT2D eigenvalue weighted by Gasteiger charge is 2.60. The average molecular weight is 318 g/mol. The van der Waals surface area contributed by atoms with Gasteiger partial charge in [0.1, 0.15) is 0 Å². The van der Waals surface area contributed by atoms with Gasteiger partial charge in [-0.25, -0.2) is 4.39 Å². The van der Waals surface area contributed by atoms with E-state index in [0.29, 0.717) is 18.3 Å². The number of carbonyl (C=O) groups excluding carboxylic acids is 1. The summed E-state index contributed by atoms with van der Waals surface area (Å²) in [5.41, 5.74) is 1.52. The molecule has 0 aromatic carbocycles. The van der Waals surface area contributed by atoms with Crippen LogP contribution in [0.15, 0.2) is 23.3 Å². The zero-order valence-electron chi connectivity index (χ0n) is 14.4. The molecular weight excluding hydrogens is 291 g/mol. The summed E-state index contributed by atoms with van der Waals surface area (Å²) in [6.07, 6.45) is 7.53. The van der Waals surface area contributed by atoms with Crippen molar-refractivity contribution in [1.29, 1.82) is 0 Å². The lowest BCUT2D eigenvalue weighted by Crippen LogP contribution is -2.50. The van der Waals surface area contributed by atoms with Crippen molar-refractivity contribution in [2.75, 3.05) is 0 Å². The summed E-state index contributed by atoms with van der Waals surface area (Å²) < 4.78 is 14.2. The molecule has 4 rings (SSSR count). The van der Waals surface area contributed by atoms with E-state index >= 15 is 0 Å². The van der Waals surface area contributed by atoms with Gasteiger partial charge in [0.25, 0.3) is 0 Å². The lowest BCUT2D eigenvalue weighted by atomic mass is 9.51. The fraction of sp³-hybridized carbons (Fsp3) is 0.750. The van der Waals surface area contributed by atoms with Gasteiger partial charge >= 0.3 is 0 Å². The number of carbonyl (C=O) groups is 1. The molecule has 3 heteroatoms. The van der Waals surface area contributed by atoms with Crippen LogP contribution in [0.1, 0.15) is 59.3 Å². The van der Waals surface area contributed by atoms with Gasteiger partial charge in [-0.3, -0.25) is 4.79 Å². The molecule has 0 aromatic rings. The number of alkyl halides is 1. The van der Waals surface area contributed by atoms with Gasteiger partial charge in [-0.1, -0.05) is 31.1 Å². The molecule has 0 heterocycles. The molecule has 0 aromatic heterocycles. The van der Waals surface area contributed by atoms with Crippen LogP contribution in [0.4, 0.5) is 4.39 Å². The van der Waals surface area contributed by atoms with E-state index in [1.54, 1.807) is 6.08 Å². The molecule has 4 aliphatic rings. The number of aliphatic hydroxyl groups is 1. The zero-order chi connectivity index (χ0) is 16.6. The smallest absolute Gasteiger partial charge is 0.189 e. The van der Waals surface area contributed by atoms with Crippen molar-refractivity contribution in [1.82, 2.24) is 0 Å². The number of fused-ring (bicyclic) bond motifs is 5. The molecule has 2 fully saturated rings. The largest absolute Gasteiger partial charge is 0.390 e. The zero-order valence-corrected chi connectivity index (χ0v) is 14.4. The summed E-state index contributed by atoms with van der Waals surface area (Å²) in [4.78, 5) is 11.8. The monoisotopic (exact) mass is 318 g/mol. The quantitative estimate of drug-likeness (QED) is 0.682. The molecule has 0 radical (unpaired) electrons. The predicted molar refractivity (Wildman–Crippen MR) is 87.6 cm³/mol. The normalized spacial score (nSPS) is 52.2. The van der Waals surface area contributed by atoms with Gasteiger partial charge in [0.15, 0.2) is 12.0 Å². The highest BCUT2D eigenvalue weighted by Crippen LogP contribution is 2.65. The van der Waals surface area contributed by atoms with Gasteiger partial charge in [0.2, 0.25) is 0 Å². The Morgan fingerprint density at radius 3 is 2.74 bits per heavy atom. The third-order valence-electron chi connectivity index (χ3n) is 7.91. The molecule has 4 unspecified atom stereocenters. The van der Waals surface area contributed by atoms with Crippen molar-refractivity contribution in [2.45, 2.75) is 71.1 Å². The van der Waals surface area contributed by atoms with Crippen molar-refractivity contribution in [2.24, 2.45) is 22.7 Å². The highest BCUT2D eigenvalue weighted by atomic mass is 19.1. The SMILES string of the molecule is CC12C[C@@H](F)C(=O)C=C1CCC1C2=CCC2(C)C1CC[C@]2(C)O. The Morgan fingerprint density at radius 1 is 1.26 bits per heavy atom. The molecule has 126 valence electrons. The first-order valence-corrected chi connectivity index (χ1v) is 9.01. The second kappa shape index (κ2) is 4.56. The molecule has 0 bridgehead atoms. The van der Waals surface area contributed by atoms with Crippen molar-refractivity contribution >= 4 is 5.78 Å². The molecular formula is C20H27FO2. The third kappa shape index (κ3) is 1.86. The topological polar surface area (TPSA) is 37.3 Å². The van der Waals surface area contributed by atoms with Gasteiger partial charge < -0.3 is 5.11 Å². The first-order valence-electron chi connectivity index (χ1n) is 9.01. The van der Waals surface area contributed by atoms with Crippen LogP contribution in [0.3, 0.4) is 0 Å². The minimum absolute atomic E-state index is 0.0711. The van der Waals surface area contributed by atoms with E-state index in [1.807, 2.05) is 6.92 Å². The number of halogens is 1. The molecule has 0 saturated heterocycles. The molecule has 0 aliphatic heterocycles. The van der Waals surface area contributed by atoms with Crippen LogP contribution in [0, 0.1) is 22.7 Å². The second-order valence-corrected chi connectivity index (χ2v) is 8.92. The Kier molecular flexibility index (Phi) is 3.09. The Balaban J connectivity index is 1.78. The highest BCUT2D eigenvalue weighted by molar-refractivity contribution is 5.95. The fourth-order valence-electron chi connectivity index (χ4n) is 6.11. The van der Waals surface area contributed by atoms with E-state index in [2.05, 4.69) is 19.9 Å². The maximum Gasteiger partial charge on any atom is 0.189 e. The van der Waals surface area contributed by atoms with Gasteiger partial charge in [0, 0.05) is 10.8 Å². The van der Waals surface area contributed by atoms with Gasteiger partial charge in [-0.2, -0.15) is 0 Å². The van der Waals surface area contributed by atoms with Crippen molar-refractivity contribution < 1.29 is 14.3 Å². The van der Waals surface area contributed by atoms with Gasteiger partial charge in [-0.05, 0) is 63.4 Å². The van der Waals surface area contributed by atoms with Crippen LogP contribution in [-0.2, 0) is 4.79 Å². The van der Waals surface area contributed by atoms with Crippen molar-refractivity contribution in [3.8, 4) is 0 Å². The molecule has 0 spiro atoms. The van der Waals surface area contributed by atoms with Crippen LogP contribution >= 0.6 is 0 Å². The number of allylic oxidation sites excluding steroid dienone is 4. The molecule has 2 saturated carbocycles. The summed E-state index contributed by atoms with van der Waals surface area (Å²) in [6.45, 7) is 6.35. The first-order chi connectivity index (χ1) is 10.7. The van der Waals surface area contributed by atoms with E-state index < -0.39 is 11.8 Å². The van der Waals surface area contributed by atoms with Crippen LogP contribution < -0.4 is 0 Å². The first kappa shape index (κ1) is 15.6. The summed E-state index contributed by atoms with van der Waals surface area (Å²) in [6, 6.07) is 0. The summed E-state index contributed by atoms with van der Waals surface area (Å²) in [7, 11) is 0. The number of rotatable bonds is 0. The molecule has 2 nitrogen and oxygen atoms in total. The van der Waals surface area contributed by atoms with E-state index in [1.165, 1.54) is 5.57 Å². The van der Waals surface area contributed by atoms with Crippen molar-refractivity contribution in [3.05, 3.63) is 23.3 Å². The molecule has 0 amide bonds. The maximum atomic E-state index is 14.2. The second-order valence-electron chi connectivity index (χ2n) is 8.92. The van der Waals surface area contributed by atoms with E-state index in [-0.39, 0.29) is 16.6 Å². The Bertz CT molecular complexity index is 632. The van der Waals surface area contributed by atoms with E-state index in [0.717, 1.165) is 37.7 Å². The number of hydrogen-bond donors (Lipinski definition) is 1.